The summed E-state index contributed by atoms with van der Waals surface area (Å²) in [5.41, 5.74) is 7.54. The van der Waals surface area contributed by atoms with E-state index in [-0.39, 0.29) is 5.91 Å². The largest absolute Gasteiger partial charge is 0.492 e. The van der Waals surface area contributed by atoms with Gasteiger partial charge in [-0.15, -0.1) is 0 Å². The molecule has 17 heavy (non-hydrogen) atoms. The van der Waals surface area contributed by atoms with Crippen molar-refractivity contribution in [2.24, 2.45) is 0 Å². The molecule has 0 unspecified atom stereocenters. The van der Waals surface area contributed by atoms with Gasteiger partial charge in [0.05, 0.1) is 12.3 Å². The molecule has 0 atom stereocenters. The lowest BCUT2D eigenvalue weighted by Gasteiger charge is -2.11. The molecule has 0 aliphatic heterocycles. The molecule has 0 aliphatic carbocycles. The van der Waals surface area contributed by atoms with Crippen LogP contribution in [0.3, 0.4) is 0 Å². The number of anilines is 1. The molecule has 1 amide bonds. The summed E-state index contributed by atoms with van der Waals surface area (Å²) in [5.74, 6) is 0.827. The van der Waals surface area contributed by atoms with Gasteiger partial charge in [-0.2, -0.15) is 0 Å². The third-order valence-corrected chi connectivity index (χ3v) is 2.50. The number of benzene rings is 1. The highest BCUT2D eigenvalue weighted by Crippen LogP contribution is 2.23. The van der Waals surface area contributed by atoms with Crippen molar-refractivity contribution in [1.82, 2.24) is 4.90 Å². The fraction of sp³-hybridized carbons (Fsp3) is 0.462. The van der Waals surface area contributed by atoms with Crippen molar-refractivity contribution in [3.8, 4) is 5.75 Å². The fourth-order valence-electron chi connectivity index (χ4n) is 1.52. The van der Waals surface area contributed by atoms with E-state index in [1.165, 1.54) is 0 Å². The number of ether oxygens (including phenoxy) is 1. The van der Waals surface area contributed by atoms with Crippen molar-refractivity contribution in [1.29, 1.82) is 0 Å². The van der Waals surface area contributed by atoms with Crippen LogP contribution < -0.4 is 10.5 Å². The normalized spacial score (nSPS) is 10.1. The van der Waals surface area contributed by atoms with Crippen LogP contribution in [0.2, 0.25) is 0 Å². The zero-order valence-corrected chi connectivity index (χ0v) is 10.7. The Morgan fingerprint density at radius 1 is 1.41 bits per heavy atom. The maximum absolute atomic E-state index is 11.4. The van der Waals surface area contributed by atoms with Gasteiger partial charge in [-0.1, -0.05) is 6.07 Å². The standard InChI is InChI=1S/C13H20N2O2/c1-4-17-12-7-5-10(9-11(12)14)6-8-13(16)15(2)3/h5,7,9H,4,6,8,14H2,1-3H3. The Morgan fingerprint density at radius 2 is 2.12 bits per heavy atom. The lowest BCUT2D eigenvalue weighted by Crippen LogP contribution is -2.21. The zero-order valence-electron chi connectivity index (χ0n) is 10.7. The van der Waals surface area contributed by atoms with Crippen LogP contribution in [0.4, 0.5) is 5.69 Å². The van der Waals surface area contributed by atoms with E-state index < -0.39 is 0 Å². The van der Waals surface area contributed by atoms with Gasteiger partial charge in [0.25, 0.3) is 0 Å². The predicted molar refractivity (Wildman–Crippen MR) is 69.0 cm³/mol. The SMILES string of the molecule is CCOc1ccc(CCC(=O)N(C)C)cc1N. The number of amides is 1. The van der Waals surface area contributed by atoms with Crippen molar-refractivity contribution in [3.63, 3.8) is 0 Å². The van der Waals surface area contributed by atoms with Crippen LogP contribution in [0, 0.1) is 0 Å². The molecule has 0 bridgehead atoms. The Balaban J connectivity index is 2.61. The number of carbonyl (C=O) groups is 1. The van der Waals surface area contributed by atoms with Gasteiger partial charge in [0.15, 0.2) is 0 Å². The minimum absolute atomic E-state index is 0.123. The zero-order chi connectivity index (χ0) is 12.8. The first-order valence-corrected chi connectivity index (χ1v) is 5.76. The second kappa shape index (κ2) is 6.13. The van der Waals surface area contributed by atoms with Gasteiger partial charge in [0.1, 0.15) is 5.75 Å². The molecular formula is C13H20N2O2. The second-order valence-electron chi connectivity index (χ2n) is 4.09. The number of rotatable bonds is 5. The quantitative estimate of drug-likeness (QED) is 0.791. The highest BCUT2D eigenvalue weighted by Gasteiger charge is 2.06. The van der Waals surface area contributed by atoms with Crippen molar-refractivity contribution in [2.75, 3.05) is 26.4 Å². The van der Waals surface area contributed by atoms with E-state index in [9.17, 15) is 4.79 Å². The first-order chi connectivity index (χ1) is 8.04. The molecule has 1 rings (SSSR count). The average molecular weight is 236 g/mol. The third-order valence-electron chi connectivity index (χ3n) is 2.50. The van der Waals surface area contributed by atoms with Gasteiger partial charge in [0, 0.05) is 20.5 Å². The molecule has 0 saturated carbocycles. The van der Waals surface area contributed by atoms with Crippen molar-refractivity contribution in [2.45, 2.75) is 19.8 Å². The van der Waals surface area contributed by atoms with E-state index in [1.807, 2.05) is 25.1 Å². The smallest absolute Gasteiger partial charge is 0.222 e. The van der Waals surface area contributed by atoms with E-state index in [0.29, 0.717) is 30.9 Å². The molecule has 94 valence electrons. The van der Waals surface area contributed by atoms with E-state index in [1.54, 1.807) is 19.0 Å². The van der Waals surface area contributed by atoms with Crippen LogP contribution in [-0.4, -0.2) is 31.5 Å². The number of nitrogens with zero attached hydrogens (tertiary/aromatic N) is 1. The lowest BCUT2D eigenvalue weighted by molar-refractivity contribution is -0.128. The second-order valence-corrected chi connectivity index (χ2v) is 4.09. The number of hydrogen-bond acceptors (Lipinski definition) is 3. The molecule has 1 aromatic rings. The molecule has 0 fully saturated rings. The van der Waals surface area contributed by atoms with Crippen molar-refractivity contribution >= 4 is 11.6 Å². The summed E-state index contributed by atoms with van der Waals surface area (Å²) < 4.78 is 5.36. The molecule has 4 nitrogen and oxygen atoms in total. The Bertz CT molecular complexity index is 389. The van der Waals surface area contributed by atoms with Gasteiger partial charge in [-0.3, -0.25) is 4.79 Å². The topological polar surface area (TPSA) is 55.6 Å². The van der Waals surface area contributed by atoms with Crippen LogP contribution in [-0.2, 0) is 11.2 Å². The molecule has 0 spiro atoms. The van der Waals surface area contributed by atoms with Crippen molar-refractivity contribution < 1.29 is 9.53 Å². The molecule has 1 aromatic carbocycles. The van der Waals surface area contributed by atoms with E-state index >= 15 is 0 Å². The molecule has 4 heteroatoms. The summed E-state index contributed by atoms with van der Waals surface area (Å²) >= 11 is 0. The summed E-state index contributed by atoms with van der Waals surface area (Å²) in [6.45, 7) is 2.52. The molecule has 0 heterocycles. The van der Waals surface area contributed by atoms with Crippen molar-refractivity contribution in [3.05, 3.63) is 23.8 Å². The maximum atomic E-state index is 11.4. The fourth-order valence-corrected chi connectivity index (χ4v) is 1.52. The molecule has 0 radical (unpaired) electrons. The van der Waals surface area contributed by atoms with Gasteiger partial charge in [-0.05, 0) is 31.0 Å². The van der Waals surface area contributed by atoms with Gasteiger partial charge in [-0.25, -0.2) is 0 Å². The van der Waals surface area contributed by atoms with E-state index in [4.69, 9.17) is 10.5 Å². The minimum Gasteiger partial charge on any atom is -0.492 e. The Kier molecular flexibility index (Phi) is 4.82. The van der Waals surface area contributed by atoms with Gasteiger partial charge in [0.2, 0.25) is 5.91 Å². The third kappa shape index (κ3) is 3.98. The lowest BCUT2D eigenvalue weighted by atomic mass is 10.1. The highest BCUT2D eigenvalue weighted by molar-refractivity contribution is 5.75. The summed E-state index contributed by atoms with van der Waals surface area (Å²) in [7, 11) is 3.52. The first-order valence-electron chi connectivity index (χ1n) is 5.76. The van der Waals surface area contributed by atoms with Crippen LogP contribution in [0.1, 0.15) is 18.9 Å². The van der Waals surface area contributed by atoms with Crippen LogP contribution in [0.25, 0.3) is 0 Å². The summed E-state index contributed by atoms with van der Waals surface area (Å²) in [6.07, 6.45) is 1.20. The molecular weight excluding hydrogens is 216 g/mol. The van der Waals surface area contributed by atoms with E-state index in [0.717, 1.165) is 5.56 Å². The van der Waals surface area contributed by atoms with E-state index in [2.05, 4.69) is 0 Å². The first kappa shape index (κ1) is 13.4. The Hall–Kier alpha value is -1.71. The Labute approximate surface area is 102 Å². The number of hydrogen-bond donors (Lipinski definition) is 1. The van der Waals surface area contributed by atoms with Crippen LogP contribution in [0.15, 0.2) is 18.2 Å². The van der Waals surface area contributed by atoms with Gasteiger partial charge >= 0.3 is 0 Å². The van der Waals surface area contributed by atoms with Crippen LogP contribution in [0.5, 0.6) is 5.75 Å². The number of carbonyl (C=O) groups excluding carboxylic acids is 1. The minimum atomic E-state index is 0.123. The van der Waals surface area contributed by atoms with Gasteiger partial charge < -0.3 is 15.4 Å². The van der Waals surface area contributed by atoms with Crippen LogP contribution >= 0.6 is 0 Å². The molecule has 2 N–H and O–H groups in total. The highest BCUT2D eigenvalue weighted by atomic mass is 16.5. The molecule has 0 saturated heterocycles. The Morgan fingerprint density at radius 3 is 2.65 bits per heavy atom. The number of aryl methyl sites for hydroxylation is 1. The summed E-state index contributed by atoms with van der Waals surface area (Å²) in [5, 5.41) is 0. The monoisotopic (exact) mass is 236 g/mol. The molecule has 0 aliphatic rings. The average Bonchev–Trinajstić information content (AvgIpc) is 2.29. The predicted octanol–water partition coefficient (Wildman–Crippen LogP) is 1.69. The maximum Gasteiger partial charge on any atom is 0.222 e. The summed E-state index contributed by atoms with van der Waals surface area (Å²) in [6, 6.07) is 5.67. The number of nitrogens with two attached hydrogens (primary N) is 1. The number of nitrogen functional groups attached to an aromatic ring is 1. The summed E-state index contributed by atoms with van der Waals surface area (Å²) in [4.78, 5) is 13.0. The molecule has 0 aromatic heterocycles.